The first-order valence-corrected chi connectivity index (χ1v) is 12.7. The molecule has 0 aliphatic carbocycles. The van der Waals surface area contributed by atoms with Crippen molar-refractivity contribution in [2.24, 2.45) is 5.92 Å². The summed E-state index contributed by atoms with van der Waals surface area (Å²) < 4.78 is 33.4. The van der Waals surface area contributed by atoms with Gasteiger partial charge in [0.05, 0.1) is 10.6 Å². The van der Waals surface area contributed by atoms with Crippen molar-refractivity contribution in [2.75, 3.05) is 23.7 Å². The number of hydrogen-bond donors (Lipinski definition) is 2. The lowest BCUT2D eigenvalue weighted by atomic mass is 9.97. The molecule has 176 valence electrons. The molecule has 1 fully saturated rings. The molecule has 1 atom stereocenters. The minimum atomic E-state index is -3.78. The van der Waals surface area contributed by atoms with Crippen LogP contribution in [0, 0.1) is 12.8 Å². The second-order valence-electron chi connectivity index (χ2n) is 8.29. The Morgan fingerprint density at radius 3 is 2.64 bits per heavy atom. The van der Waals surface area contributed by atoms with E-state index in [1.165, 1.54) is 16.4 Å². The minimum absolute atomic E-state index is 0.0811. The highest BCUT2D eigenvalue weighted by molar-refractivity contribution is 7.89. The number of fused-ring (bicyclic) bond motifs is 1. The van der Waals surface area contributed by atoms with Gasteiger partial charge in [0.15, 0.2) is 6.10 Å². The van der Waals surface area contributed by atoms with Gasteiger partial charge in [-0.3, -0.25) is 9.59 Å². The first-order chi connectivity index (χ1) is 15.7. The Labute approximate surface area is 198 Å². The van der Waals surface area contributed by atoms with Crippen molar-refractivity contribution in [3.63, 3.8) is 0 Å². The number of piperidine rings is 1. The molecular formula is C23H26ClN3O5S. The summed E-state index contributed by atoms with van der Waals surface area (Å²) in [6.45, 7) is 4.18. The zero-order valence-electron chi connectivity index (χ0n) is 18.4. The Hall–Kier alpha value is -2.62. The highest BCUT2D eigenvalue weighted by Gasteiger charge is 2.34. The monoisotopic (exact) mass is 491 g/mol. The fourth-order valence-electron chi connectivity index (χ4n) is 4.03. The number of halogens is 1. The Morgan fingerprint density at radius 2 is 1.94 bits per heavy atom. The molecule has 10 heteroatoms. The maximum Gasteiger partial charge on any atom is 0.265 e. The maximum absolute atomic E-state index is 13.2. The summed E-state index contributed by atoms with van der Waals surface area (Å²) in [5.41, 5.74) is 1.91. The third kappa shape index (κ3) is 4.85. The number of benzene rings is 2. The molecule has 0 bridgehead atoms. The highest BCUT2D eigenvalue weighted by Crippen LogP contribution is 2.34. The van der Waals surface area contributed by atoms with E-state index in [0.29, 0.717) is 41.4 Å². The fourth-order valence-corrected chi connectivity index (χ4v) is 5.70. The van der Waals surface area contributed by atoms with Crippen LogP contribution in [0.1, 0.15) is 31.7 Å². The van der Waals surface area contributed by atoms with Gasteiger partial charge in [-0.15, -0.1) is 0 Å². The number of amides is 2. The number of sulfonamides is 1. The van der Waals surface area contributed by atoms with E-state index in [4.69, 9.17) is 16.3 Å². The van der Waals surface area contributed by atoms with Crippen LogP contribution in [-0.4, -0.2) is 43.7 Å². The molecule has 2 aromatic rings. The normalized spacial score (nSPS) is 19.4. The van der Waals surface area contributed by atoms with Gasteiger partial charge in [0.1, 0.15) is 5.75 Å². The zero-order valence-corrected chi connectivity index (χ0v) is 20.0. The lowest BCUT2D eigenvalue weighted by molar-refractivity contribution is -0.123. The summed E-state index contributed by atoms with van der Waals surface area (Å²) in [6, 6.07) is 9.78. The molecule has 0 aromatic heterocycles. The van der Waals surface area contributed by atoms with Crippen LogP contribution in [0.3, 0.4) is 0 Å². The number of nitrogens with zero attached hydrogens (tertiary/aromatic N) is 1. The summed E-state index contributed by atoms with van der Waals surface area (Å²) in [5, 5.41) is 6.16. The molecule has 33 heavy (non-hydrogen) atoms. The average molecular weight is 492 g/mol. The van der Waals surface area contributed by atoms with Crippen molar-refractivity contribution in [3.05, 3.63) is 47.0 Å². The Bertz CT molecular complexity index is 1190. The average Bonchev–Trinajstić information content (AvgIpc) is 2.80. The highest BCUT2D eigenvalue weighted by atomic mass is 35.5. The molecule has 0 radical (unpaired) electrons. The second-order valence-corrected chi connectivity index (χ2v) is 10.7. The second kappa shape index (κ2) is 9.32. The smallest absolute Gasteiger partial charge is 0.265 e. The van der Waals surface area contributed by atoms with Crippen LogP contribution in [-0.2, 0) is 19.6 Å². The van der Waals surface area contributed by atoms with E-state index in [1.54, 1.807) is 18.2 Å². The zero-order chi connectivity index (χ0) is 23.8. The third-order valence-electron chi connectivity index (χ3n) is 6.06. The van der Waals surface area contributed by atoms with Crippen molar-refractivity contribution in [2.45, 2.75) is 44.1 Å². The predicted octanol–water partition coefficient (Wildman–Crippen LogP) is 3.80. The van der Waals surface area contributed by atoms with E-state index in [-0.39, 0.29) is 35.7 Å². The molecule has 0 saturated carbocycles. The summed E-state index contributed by atoms with van der Waals surface area (Å²) in [4.78, 5) is 24.9. The molecule has 2 N–H and O–H groups in total. The summed E-state index contributed by atoms with van der Waals surface area (Å²) in [5.74, 6) is -0.276. The molecule has 2 aromatic carbocycles. The molecule has 2 aliphatic heterocycles. The van der Waals surface area contributed by atoms with E-state index in [2.05, 4.69) is 10.6 Å². The Kier molecular flexibility index (Phi) is 6.65. The molecule has 2 amide bonds. The topological polar surface area (TPSA) is 105 Å². The molecule has 0 unspecified atom stereocenters. The molecule has 4 rings (SSSR count). The molecular weight excluding hydrogens is 466 g/mol. The number of carbonyl (C=O) groups is 2. The summed E-state index contributed by atoms with van der Waals surface area (Å²) in [6.07, 6.45) is 0.757. The van der Waals surface area contributed by atoms with Gasteiger partial charge in [-0.1, -0.05) is 24.6 Å². The van der Waals surface area contributed by atoms with Crippen molar-refractivity contribution in [1.82, 2.24) is 4.31 Å². The largest absolute Gasteiger partial charge is 0.478 e. The SMILES string of the molecule is CC[C@H]1Oc2ccc(S(=O)(=O)N3CCC(C(=O)Nc4cc(Cl)ccc4C)CC3)cc2NC1=O. The number of nitrogens with one attached hydrogen (secondary N) is 2. The number of hydrogen-bond acceptors (Lipinski definition) is 5. The number of anilines is 2. The molecule has 0 spiro atoms. The van der Waals surface area contributed by atoms with E-state index < -0.39 is 16.1 Å². The first-order valence-electron chi connectivity index (χ1n) is 10.9. The van der Waals surface area contributed by atoms with Crippen LogP contribution in [0.15, 0.2) is 41.3 Å². The molecule has 1 saturated heterocycles. The molecule has 8 nitrogen and oxygen atoms in total. The van der Waals surface area contributed by atoms with Crippen LogP contribution in [0.5, 0.6) is 5.75 Å². The summed E-state index contributed by atoms with van der Waals surface area (Å²) in [7, 11) is -3.78. The van der Waals surface area contributed by atoms with Gasteiger partial charge in [-0.2, -0.15) is 4.31 Å². The third-order valence-corrected chi connectivity index (χ3v) is 8.19. The van der Waals surface area contributed by atoms with Gasteiger partial charge >= 0.3 is 0 Å². The van der Waals surface area contributed by atoms with Crippen LogP contribution >= 0.6 is 11.6 Å². The predicted molar refractivity (Wildman–Crippen MR) is 126 cm³/mol. The fraction of sp³-hybridized carbons (Fsp3) is 0.391. The van der Waals surface area contributed by atoms with Gasteiger partial charge < -0.3 is 15.4 Å². The van der Waals surface area contributed by atoms with Gasteiger partial charge in [-0.05, 0) is 62.1 Å². The van der Waals surface area contributed by atoms with Crippen molar-refractivity contribution < 1.29 is 22.7 Å². The number of rotatable bonds is 5. The quantitative estimate of drug-likeness (QED) is 0.662. The van der Waals surface area contributed by atoms with Gasteiger partial charge in [0.2, 0.25) is 15.9 Å². The Morgan fingerprint density at radius 1 is 1.21 bits per heavy atom. The van der Waals surface area contributed by atoms with Crippen LogP contribution in [0.2, 0.25) is 5.02 Å². The van der Waals surface area contributed by atoms with Gasteiger partial charge in [-0.25, -0.2) is 8.42 Å². The van der Waals surface area contributed by atoms with E-state index >= 15 is 0 Å². The number of aryl methyl sites for hydroxylation is 1. The standard InChI is InChI=1S/C23H26ClN3O5S/c1-3-20-23(29)26-19-13-17(6-7-21(19)32-20)33(30,31)27-10-8-15(9-11-27)22(28)25-18-12-16(24)5-4-14(18)2/h4-7,12-13,15,20H,3,8-11H2,1-2H3,(H,25,28)(H,26,29)/t20-/m1/s1. The Balaban J connectivity index is 1.42. The van der Waals surface area contributed by atoms with Crippen molar-refractivity contribution >= 4 is 44.8 Å². The molecule has 2 aliphatic rings. The maximum atomic E-state index is 13.2. The van der Waals surface area contributed by atoms with Crippen molar-refractivity contribution in [3.8, 4) is 5.75 Å². The van der Waals surface area contributed by atoms with E-state index in [0.717, 1.165) is 5.56 Å². The van der Waals surface area contributed by atoms with Crippen LogP contribution < -0.4 is 15.4 Å². The minimum Gasteiger partial charge on any atom is -0.478 e. The van der Waals surface area contributed by atoms with Crippen molar-refractivity contribution in [1.29, 1.82) is 0 Å². The van der Waals surface area contributed by atoms with Crippen LogP contribution in [0.25, 0.3) is 0 Å². The first kappa shape index (κ1) is 23.5. The lowest BCUT2D eigenvalue weighted by Crippen LogP contribution is -2.41. The van der Waals surface area contributed by atoms with E-state index in [1.807, 2.05) is 19.9 Å². The number of ether oxygens (including phenoxy) is 1. The van der Waals surface area contributed by atoms with Crippen LogP contribution in [0.4, 0.5) is 11.4 Å². The lowest BCUT2D eigenvalue weighted by Gasteiger charge is -2.31. The summed E-state index contributed by atoms with van der Waals surface area (Å²) >= 11 is 6.02. The molecule has 2 heterocycles. The number of carbonyl (C=O) groups excluding carboxylic acids is 2. The van der Waals surface area contributed by atoms with Gasteiger partial charge in [0, 0.05) is 29.7 Å². The van der Waals surface area contributed by atoms with Gasteiger partial charge in [0.25, 0.3) is 5.91 Å². The van der Waals surface area contributed by atoms with E-state index in [9.17, 15) is 18.0 Å².